The van der Waals surface area contributed by atoms with Gasteiger partial charge in [-0.1, -0.05) is 12.1 Å². The van der Waals surface area contributed by atoms with Gasteiger partial charge in [0.15, 0.2) is 0 Å². The number of benzene rings is 2. The number of carbonyl (C=O) groups excluding carboxylic acids is 2. The van der Waals surface area contributed by atoms with E-state index in [4.69, 9.17) is 9.94 Å². The highest BCUT2D eigenvalue weighted by atomic mass is 16.5. The summed E-state index contributed by atoms with van der Waals surface area (Å²) >= 11 is 0. The van der Waals surface area contributed by atoms with Crippen LogP contribution in [0.5, 0.6) is 0 Å². The lowest BCUT2D eigenvalue weighted by molar-refractivity contribution is -0.133. The predicted molar refractivity (Wildman–Crippen MR) is 136 cm³/mol. The van der Waals surface area contributed by atoms with E-state index in [9.17, 15) is 14.7 Å². The summed E-state index contributed by atoms with van der Waals surface area (Å²) < 4.78 is 5.43. The van der Waals surface area contributed by atoms with E-state index in [0.29, 0.717) is 5.56 Å². The number of ether oxygens (including phenoxy) is 1. The molecule has 0 radical (unpaired) electrons. The van der Waals surface area contributed by atoms with Gasteiger partial charge >= 0.3 is 0 Å². The Kier molecular flexibility index (Phi) is 8.76. The first-order valence-electron chi connectivity index (χ1n) is 12.4. The van der Waals surface area contributed by atoms with Gasteiger partial charge < -0.3 is 25.0 Å². The minimum Gasteiger partial charge on any atom is -0.391 e. The van der Waals surface area contributed by atoms with Crippen LogP contribution < -0.4 is 20.6 Å². The molecule has 2 aromatic carbocycles. The summed E-state index contributed by atoms with van der Waals surface area (Å²) in [5, 5.41) is 21.0. The number of piperazine rings is 1. The molecule has 4 N–H and O–H groups in total. The minimum atomic E-state index is -1.25. The zero-order valence-corrected chi connectivity index (χ0v) is 20.6. The van der Waals surface area contributed by atoms with Gasteiger partial charge in [-0.05, 0) is 48.9 Å². The first-order chi connectivity index (χ1) is 17.4. The average Bonchev–Trinajstić information content (AvgIpc) is 2.92. The maximum Gasteiger partial charge on any atom is 0.268 e. The maximum atomic E-state index is 12.5. The third-order valence-corrected chi connectivity index (χ3v) is 6.75. The molecule has 2 atom stereocenters. The van der Waals surface area contributed by atoms with Crippen LogP contribution >= 0.6 is 0 Å². The highest BCUT2D eigenvalue weighted by molar-refractivity contribution is 5.97. The summed E-state index contributed by atoms with van der Waals surface area (Å²) in [6, 6.07) is 14.8. The molecule has 4 rings (SSSR count). The minimum absolute atomic E-state index is 0.367. The molecule has 0 bridgehead atoms. The lowest BCUT2D eigenvalue weighted by Gasteiger charge is -2.37. The van der Waals surface area contributed by atoms with Crippen molar-refractivity contribution in [1.82, 2.24) is 15.7 Å². The zero-order chi connectivity index (χ0) is 25.5. The van der Waals surface area contributed by atoms with Crippen LogP contribution in [0.4, 0.5) is 11.4 Å². The second-order valence-electron chi connectivity index (χ2n) is 9.24. The Morgan fingerprint density at radius 2 is 1.42 bits per heavy atom. The Morgan fingerprint density at radius 3 is 1.92 bits per heavy atom. The second-order valence-corrected chi connectivity index (χ2v) is 9.24. The van der Waals surface area contributed by atoms with Crippen molar-refractivity contribution in [3.8, 4) is 0 Å². The molecule has 2 aliphatic rings. The number of aliphatic hydroxyl groups is 1. The number of rotatable bonds is 8. The maximum absolute atomic E-state index is 12.5. The van der Waals surface area contributed by atoms with Gasteiger partial charge in [-0.2, -0.15) is 0 Å². The fraction of sp³-hybridized carbons (Fsp3) is 0.462. The van der Waals surface area contributed by atoms with Gasteiger partial charge in [-0.3, -0.25) is 19.7 Å². The zero-order valence-electron chi connectivity index (χ0n) is 20.6. The molecule has 2 amide bonds. The van der Waals surface area contributed by atoms with E-state index < -0.39 is 24.0 Å². The van der Waals surface area contributed by atoms with E-state index in [2.05, 4.69) is 44.3 Å². The molecule has 36 heavy (non-hydrogen) atoms. The Morgan fingerprint density at radius 1 is 0.889 bits per heavy atom. The molecule has 10 heteroatoms. The summed E-state index contributed by atoms with van der Waals surface area (Å²) in [5.41, 5.74) is 5.39. The monoisotopic (exact) mass is 497 g/mol. The van der Waals surface area contributed by atoms with Gasteiger partial charge in [-0.15, -0.1) is 0 Å². The van der Waals surface area contributed by atoms with Gasteiger partial charge in [0, 0.05) is 62.8 Å². The van der Waals surface area contributed by atoms with E-state index in [0.717, 1.165) is 64.7 Å². The van der Waals surface area contributed by atoms with Crippen LogP contribution in [0.1, 0.15) is 22.8 Å². The molecule has 0 saturated carbocycles. The lowest BCUT2D eigenvalue weighted by atomic mass is 10.1. The van der Waals surface area contributed by atoms with Crippen molar-refractivity contribution >= 4 is 23.2 Å². The van der Waals surface area contributed by atoms with Crippen molar-refractivity contribution in [2.45, 2.75) is 25.6 Å². The van der Waals surface area contributed by atoms with E-state index >= 15 is 0 Å². The number of nitrogens with zero attached hydrogens (tertiary/aromatic N) is 3. The van der Waals surface area contributed by atoms with Crippen molar-refractivity contribution in [1.29, 1.82) is 0 Å². The molecule has 2 heterocycles. The number of carbonyl (C=O) groups is 2. The molecule has 2 saturated heterocycles. The van der Waals surface area contributed by atoms with E-state index in [1.54, 1.807) is 12.1 Å². The Labute approximate surface area is 211 Å². The highest BCUT2D eigenvalue weighted by Gasteiger charge is 2.26. The Balaban J connectivity index is 1.28. The highest BCUT2D eigenvalue weighted by Crippen LogP contribution is 2.22. The van der Waals surface area contributed by atoms with Crippen molar-refractivity contribution in [2.24, 2.45) is 0 Å². The average molecular weight is 498 g/mol. The fourth-order valence-electron chi connectivity index (χ4n) is 4.58. The van der Waals surface area contributed by atoms with Gasteiger partial charge in [0.1, 0.15) is 6.04 Å². The number of nitrogens with one attached hydrogen (secondary N) is 2. The normalized spacial score (nSPS) is 18.4. The summed E-state index contributed by atoms with van der Waals surface area (Å²) in [5.74, 6) is -1.38. The molecule has 2 aromatic rings. The van der Waals surface area contributed by atoms with E-state index in [1.807, 2.05) is 12.1 Å². The van der Waals surface area contributed by atoms with Gasteiger partial charge in [0.25, 0.3) is 11.8 Å². The number of aliphatic hydroxyl groups excluding tert-OH is 1. The van der Waals surface area contributed by atoms with Crippen LogP contribution in [-0.4, -0.2) is 91.7 Å². The molecule has 2 aliphatic heterocycles. The third-order valence-electron chi connectivity index (χ3n) is 6.75. The summed E-state index contributed by atoms with van der Waals surface area (Å²) in [7, 11) is 0. The molecule has 194 valence electrons. The first-order valence-corrected chi connectivity index (χ1v) is 12.4. The van der Waals surface area contributed by atoms with E-state index in [-0.39, 0.29) is 0 Å². The lowest BCUT2D eigenvalue weighted by Crippen LogP contribution is -2.51. The second kappa shape index (κ2) is 12.2. The van der Waals surface area contributed by atoms with Gasteiger partial charge in [-0.25, -0.2) is 5.48 Å². The number of morpholine rings is 1. The molecule has 10 nitrogen and oxygen atoms in total. The first kappa shape index (κ1) is 25.9. The SMILES string of the molecule is C[C@@H](O)[C@H](NC(=O)c1ccc(N2CCN(c3ccc(CN4CCOCC4)cc3)CC2)cc1)C(=O)NO. The predicted octanol–water partition coefficient (Wildman–Crippen LogP) is 0.830. The number of hydrogen-bond donors (Lipinski definition) is 4. The van der Waals surface area contributed by atoms with Crippen LogP contribution in [0.3, 0.4) is 0 Å². The van der Waals surface area contributed by atoms with Crippen LogP contribution in [0.15, 0.2) is 48.5 Å². The fourth-order valence-corrected chi connectivity index (χ4v) is 4.58. The number of anilines is 2. The van der Waals surface area contributed by atoms with Gasteiger partial charge in [0.05, 0.1) is 19.3 Å². The summed E-state index contributed by atoms with van der Waals surface area (Å²) in [6.45, 7) is 9.44. The molecule has 0 aliphatic carbocycles. The Hall–Kier alpha value is -3.18. The number of amides is 2. The Bertz CT molecular complexity index is 1000. The summed E-state index contributed by atoms with van der Waals surface area (Å²) in [6.07, 6.45) is -1.15. The molecule has 0 spiro atoms. The molecular weight excluding hydrogens is 462 g/mol. The smallest absolute Gasteiger partial charge is 0.268 e. The topological polar surface area (TPSA) is 118 Å². The number of hydrogen-bond acceptors (Lipinski definition) is 8. The van der Waals surface area contributed by atoms with Crippen molar-refractivity contribution in [2.75, 3.05) is 62.3 Å². The van der Waals surface area contributed by atoms with Crippen LogP contribution in [0, 0.1) is 0 Å². The molecular formula is C26H35N5O5. The van der Waals surface area contributed by atoms with Gasteiger partial charge in [0.2, 0.25) is 0 Å². The van der Waals surface area contributed by atoms with Crippen molar-refractivity contribution in [3.63, 3.8) is 0 Å². The quantitative estimate of drug-likeness (QED) is 0.313. The van der Waals surface area contributed by atoms with Crippen LogP contribution in [0.25, 0.3) is 0 Å². The standard InChI is InChI=1S/C26H35N5O5/c1-19(32)24(26(34)28-35)27-25(33)21-4-8-23(9-5-21)31-12-10-30(11-13-31)22-6-2-20(3-7-22)18-29-14-16-36-17-15-29/h2-9,19,24,32,35H,10-18H2,1H3,(H,27,33)(H,28,34)/t19-,24+/m1/s1. The third kappa shape index (κ3) is 6.52. The molecule has 0 unspecified atom stereocenters. The summed E-state index contributed by atoms with van der Waals surface area (Å²) in [4.78, 5) is 31.2. The molecule has 0 aromatic heterocycles. The number of hydroxylamine groups is 1. The van der Waals surface area contributed by atoms with Crippen molar-refractivity contribution < 1.29 is 24.6 Å². The molecule has 2 fully saturated rings. The van der Waals surface area contributed by atoms with Crippen LogP contribution in [-0.2, 0) is 16.1 Å². The van der Waals surface area contributed by atoms with Crippen LogP contribution in [0.2, 0.25) is 0 Å². The van der Waals surface area contributed by atoms with Crippen molar-refractivity contribution in [3.05, 3.63) is 59.7 Å². The largest absolute Gasteiger partial charge is 0.391 e. The van der Waals surface area contributed by atoms with E-state index in [1.165, 1.54) is 23.7 Å².